The Morgan fingerprint density at radius 3 is 1.71 bits per heavy atom. The minimum atomic E-state index is -1.88. The smallest absolute Gasteiger partial charge is 0.336 e. The fourth-order valence-corrected chi connectivity index (χ4v) is 12.9. The van der Waals surface area contributed by atoms with Crippen LogP contribution >= 0.6 is 23.5 Å². The molecule has 2 aliphatic carbocycles. The Balaban J connectivity index is 0.958. The van der Waals surface area contributed by atoms with Crippen molar-refractivity contribution in [3.05, 3.63) is 70.4 Å². The number of phenols is 1. The number of carboxylic acid groups (broad SMARTS) is 1. The van der Waals surface area contributed by atoms with Crippen LogP contribution < -0.4 is 77.0 Å². The van der Waals surface area contributed by atoms with Crippen LogP contribution in [0.25, 0.3) is 33.4 Å². The lowest BCUT2D eigenvalue weighted by atomic mass is 9.83. The Kier molecular flexibility index (Phi) is 24.7. The maximum Gasteiger partial charge on any atom is 0.336 e. The molecule has 19 unspecified atom stereocenters. The lowest BCUT2D eigenvalue weighted by Gasteiger charge is -2.49. The van der Waals surface area contributed by atoms with Gasteiger partial charge in [0, 0.05) is 64.7 Å². The number of guanidine groups is 6. The number of phenolic OH excluding ortho intramolecular Hbond substituents is 1. The van der Waals surface area contributed by atoms with E-state index in [4.69, 9.17) is 104 Å². The summed E-state index contributed by atoms with van der Waals surface area (Å²) in [5, 5.41) is 156. The number of carboxylic acids is 1. The first-order valence-corrected chi connectivity index (χ1v) is 31.6. The van der Waals surface area contributed by atoms with E-state index in [9.17, 15) is 55.2 Å². The molecule has 4 aliphatic heterocycles. The van der Waals surface area contributed by atoms with E-state index >= 15 is 0 Å². The molecule has 1 amide bonds. The van der Waals surface area contributed by atoms with Crippen LogP contribution in [0, 0.1) is 32.5 Å². The maximum atomic E-state index is 13.2. The fraction of sp³-hybridized carbons (Fsp3) is 0.509. The number of aromatic carboxylic acids is 1. The normalized spacial score (nSPS) is 29.8. The number of ether oxygens (including phenoxy) is 7. The first-order valence-electron chi connectivity index (χ1n) is 29.3. The van der Waals surface area contributed by atoms with Gasteiger partial charge in [0.05, 0.1) is 42.7 Å². The van der Waals surface area contributed by atoms with Crippen LogP contribution in [0.15, 0.2) is 63.8 Å². The van der Waals surface area contributed by atoms with Crippen LogP contribution in [0.4, 0.5) is 5.69 Å². The van der Waals surface area contributed by atoms with Gasteiger partial charge in [0.2, 0.25) is 5.91 Å². The zero-order chi connectivity index (χ0) is 69.1. The summed E-state index contributed by atoms with van der Waals surface area (Å²) in [5.41, 5.74) is 35.1. The van der Waals surface area contributed by atoms with Crippen molar-refractivity contribution in [2.45, 2.75) is 123 Å². The molecule has 4 fully saturated rings. The van der Waals surface area contributed by atoms with Gasteiger partial charge in [-0.2, -0.15) is 11.8 Å². The van der Waals surface area contributed by atoms with E-state index in [1.165, 1.54) is 72.1 Å². The number of anilines is 1. The highest BCUT2D eigenvalue weighted by molar-refractivity contribution is 8.00. The number of hydrogen-bond acceptors (Lipinski definition) is 26. The first-order chi connectivity index (χ1) is 45.1. The van der Waals surface area contributed by atoms with Gasteiger partial charge in [-0.15, -0.1) is 11.8 Å². The first kappa shape index (κ1) is 72.5. The molecule has 38 nitrogen and oxygen atoms in total. The number of rotatable bonds is 27. The number of nitrogens with one attached hydrogen (secondary N) is 13. The Morgan fingerprint density at radius 2 is 1.13 bits per heavy atom. The number of benzene rings is 3. The maximum absolute atomic E-state index is 13.2. The van der Waals surface area contributed by atoms with Crippen molar-refractivity contribution in [1.82, 2.24) is 31.9 Å². The molecule has 33 N–H and O–H groups in total. The van der Waals surface area contributed by atoms with Crippen LogP contribution in [-0.4, -0.2) is 254 Å². The molecular weight excluding hydrogens is 1290 g/mol. The minimum Gasteiger partial charge on any atom is -0.508 e. The number of carbonyl (C=O) groups excluding carboxylic acids is 1. The zero-order valence-electron chi connectivity index (χ0n) is 50.4. The largest absolute Gasteiger partial charge is 0.508 e. The topological polar surface area (TPSA) is 674 Å². The van der Waals surface area contributed by atoms with Crippen molar-refractivity contribution in [3.8, 4) is 28.2 Å². The van der Waals surface area contributed by atoms with Crippen molar-refractivity contribution >= 4 is 87.8 Å². The third-order valence-electron chi connectivity index (χ3n) is 15.6. The van der Waals surface area contributed by atoms with Gasteiger partial charge < -0.3 is 150 Å². The van der Waals surface area contributed by atoms with E-state index in [-0.39, 0.29) is 89.3 Å². The molecule has 0 radical (unpaired) electrons. The van der Waals surface area contributed by atoms with Crippen LogP contribution in [-0.2, 0) is 38.0 Å². The quantitative estimate of drug-likeness (QED) is 0.0114. The summed E-state index contributed by atoms with van der Waals surface area (Å²) in [5.74, 6) is -4.79. The summed E-state index contributed by atoms with van der Waals surface area (Å²) in [6.07, 6.45) is -24.8. The van der Waals surface area contributed by atoms with Gasteiger partial charge in [0.15, 0.2) is 60.1 Å². The summed E-state index contributed by atoms with van der Waals surface area (Å²) in [7, 11) is 0. The van der Waals surface area contributed by atoms with Gasteiger partial charge in [0.1, 0.15) is 96.3 Å². The number of aliphatic hydroxyl groups excluding tert-OH is 6. The summed E-state index contributed by atoms with van der Waals surface area (Å²) in [6, 6.07) is 7.40. The Bertz CT molecular complexity index is 3450. The number of hydrogen-bond donors (Lipinski definition) is 27. The predicted octanol–water partition coefficient (Wildman–Crippen LogP) is -6.34. The summed E-state index contributed by atoms with van der Waals surface area (Å²) in [4.78, 5) is 38.2. The lowest BCUT2D eigenvalue weighted by molar-refractivity contribution is -0.310. The standard InChI is InChI=1S/C55H79N19O19S2/c56-50(57)68-15-30-38(79)40(81)35(73-54(64)65)47(88-30)91-43-27(72-53(62)63)14-26(71-52(60)61)37(78)45(43)93-49-42(83)44(92-48-36(74-55(66)67)41(82)39(80)31(89-48)16-69-51(58)59)32(90-49)17-94-9-7-86-8-10-95-18-33(77)70-19-1-4-22(25(11-19)46(84)85)34-23-5-2-20(75)12-28(23)87-29-13-21(76)3-6-24(29)34/h1-6,11-13,26-27,30-32,35-45,47-49,75,78-83H,7-10,14-18H2,(H,70,77)(H,84,85)(H4,56,57,68)(H4,58,59,69)(H4,60,61,71)(H4,62,63,72)(H4,64,65,73)(H4,66,67,74). The zero-order valence-corrected chi connectivity index (χ0v) is 52.0. The molecule has 0 bridgehead atoms. The van der Waals surface area contributed by atoms with Gasteiger partial charge in [-0.3, -0.25) is 42.0 Å². The molecule has 1 saturated carbocycles. The van der Waals surface area contributed by atoms with Crippen LogP contribution in [0.1, 0.15) is 16.8 Å². The number of aliphatic hydroxyl groups is 6. The van der Waals surface area contributed by atoms with E-state index in [1.807, 2.05) is 0 Å². The predicted molar refractivity (Wildman–Crippen MR) is 344 cm³/mol. The number of carbonyl (C=O) groups is 2. The van der Waals surface area contributed by atoms with Crippen molar-refractivity contribution in [2.24, 2.45) is 34.4 Å². The average molecular weight is 1370 g/mol. The summed E-state index contributed by atoms with van der Waals surface area (Å²) >= 11 is 2.47. The number of aromatic hydroxyl groups is 1. The van der Waals surface area contributed by atoms with Crippen molar-refractivity contribution in [3.63, 3.8) is 0 Å². The molecule has 2 aromatic rings. The molecule has 0 spiro atoms. The molecule has 520 valence electrons. The second kappa shape index (κ2) is 32.4. The Morgan fingerprint density at radius 1 is 0.579 bits per heavy atom. The monoisotopic (exact) mass is 1370 g/mol. The second-order valence-electron chi connectivity index (χ2n) is 22.4. The van der Waals surface area contributed by atoms with E-state index in [1.54, 1.807) is 6.07 Å². The van der Waals surface area contributed by atoms with Crippen LogP contribution in [0.5, 0.6) is 5.75 Å². The molecule has 40 heteroatoms. The van der Waals surface area contributed by atoms with Gasteiger partial charge >= 0.3 is 5.97 Å². The number of thioether (sulfide) groups is 2. The molecule has 95 heavy (non-hydrogen) atoms. The highest BCUT2D eigenvalue weighted by Gasteiger charge is 2.56. The Labute approximate surface area is 548 Å². The minimum absolute atomic E-state index is 0.0238. The molecule has 4 heterocycles. The lowest BCUT2D eigenvalue weighted by Crippen LogP contribution is -2.71. The second-order valence-corrected chi connectivity index (χ2v) is 24.6. The molecule has 3 saturated heterocycles. The molecular formula is C55H79N19O19S2. The molecule has 8 rings (SSSR count). The Hall–Kier alpha value is -8.33. The van der Waals surface area contributed by atoms with E-state index in [2.05, 4.69) is 37.2 Å². The average Bonchev–Trinajstić information content (AvgIpc) is 0.820. The third-order valence-corrected chi connectivity index (χ3v) is 17.5. The highest BCUT2D eigenvalue weighted by Crippen LogP contribution is 2.43. The number of nitrogens with two attached hydrogens (primary N) is 6. The molecule has 2 aromatic carbocycles. The van der Waals surface area contributed by atoms with Crippen LogP contribution in [0.3, 0.4) is 0 Å². The number of fused-ring (bicyclic) bond motifs is 2. The highest BCUT2D eigenvalue weighted by atomic mass is 32.2. The van der Waals surface area contributed by atoms with Gasteiger partial charge in [-0.05, 0) is 48.4 Å². The van der Waals surface area contributed by atoms with Crippen molar-refractivity contribution < 1.29 is 88.0 Å². The molecule has 0 aromatic heterocycles. The molecule has 19 atom stereocenters. The molecule has 6 aliphatic rings. The summed E-state index contributed by atoms with van der Waals surface area (Å²) in [6.45, 7) is -0.384. The van der Waals surface area contributed by atoms with Gasteiger partial charge in [-0.1, -0.05) is 6.07 Å². The van der Waals surface area contributed by atoms with Crippen molar-refractivity contribution in [2.75, 3.05) is 54.6 Å². The third kappa shape index (κ3) is 18.4. The number of amides is 1. The SMILES string of the molecule is N=C(N)NCC1OC(OC2C(CSCCOCCSCC(=O)Nc3ccc(-c4c5ccc(=O)cc-5oc5cc(O)ccc45)c(C(=O)O)c3)OC(OC3C(O)C(NC(=N)N)CC(NC(=N)N)C3OC3OC(CNC(=N)N)C(O)C(O)C3NC(=N)N)C2O)C(NC(=N)N)C(O)C1O. The van der Waals surface area contributed by atoms with E-state index < -0.39 is 164 Å². The summed E-state index contributed by atoms with van der Waals surface area (Å²) < 4.78 is 49.8. The van der Waals surface area contributed by atoms with Gasteiger partial charge in [0.25, 0.3) is 0 Å². The van der Waals surface area contributed by atoms with E-state index in [0.29, 0.717) is 22.3 Å². The van der Waals surface area contributed by atoms with E-state index in [0.717, 1.165) is 0 Å². The van der Waals surface area contributed by atoms with Gasteiger partial charge in [-0.25, -0.2) is 4.79 Å². The van der Waals surface area contributed by atoms with Crippen LogP contribution in [0.2, 0.25) is 0 Å². The van der Waals surface area contributed by atoms with Crippen molar-refractivity contribution in [1.29, 1.82) is 32.5 Å². The fourth-order valence-electron chi connectivity index (χ4n) is 11.4.